The molecule has 53 heavy (non-hydrogen) atoms. The highest BCUT2D eigenvalue weighted by Gasteiger charge is 2.21. The number of imidazole rings is 1. The van der Waals surface area contributed by atoms with Gasteiger partial charge in [-0.1, -0.05) is 109 Å². The smallest absolute Gasteiger partial charge is 0.167 e. The Morgan fingerprint density at radius 3 is 1.98 bits per heavy atom. The molecule has 0 unspecified atom stereocenters. The summed E-state index contributed by atoms with van der Waals surface area (Å²) in [6.07, 6.45) is 0. The second-order valence-electron chi connectivity index (χ2n) is 13.0. The highest BCUT2D eigenvalue weighted by molar-refractivity contribution is 6.13. The van der Waals surface area contributed by atoms with Crippen molar-refractivity contribution in [2.45, 2.75) is 0 Å². The molecule has 11 rings (SSSR count). The first-order chi connectivity index (χ1) is 26.3. The van der Waals surface area contributed by atoms with Crippen LogP contribution in [0, 0.1) is 0 Å². The molecule has 0 N–H and O–H groups in total. The number of hydrogen-bond acceptors (Lipinski definition) is 6. The molecule has 0 saturated heterocycles. The Labute approximate surface area is 302 Å². The van der Waals surface area contributed by atoms with Crippen molar-refractivity contribution in [1.29, 1.82) is 0 Å². The lowest BCUT2D eigenvalue weighted by atomic mass is 10.0. The summed E-state index contributed by atoms with van der Waals surface area (Å²) in [6, 6.07) is 55.1. The second kappa shape index (κ2) is 11.6. The van der Waals surface area contributed by atoms with Gasteiger partial charge in [-0.2, -0.15) is 0 Å². The number of benzene rings is 7. The summed E-state index contributed by atoms with van der Waals surface area (Å²) in [5.74, 6) is 2.50. The molecule has 4 aromatic heterocycles. The largest absolute Gasteiger partial charge is 0.456 e. The van der Waals surface area contributed by atoms with Gasteiger partial charge in [0, 0.05) is 43.9 Å². The third kappa shape index (κ3) is 4.68. The lowest BCUT2D eigenvalue weighted by Crippen LogP contribution is -2.00. The summed E-state index contributed by atoms with van der Waals surface area (Å²) in [6.45, 7) is 0. The van der Waals surface area contributed by atoms with Crippen LogP contribution in [0.2, 0.25) is 0 Å². The van der Waals surface area contributed by atoms with Crippen LogP contribution < -0.4 is 0 Å². The maximum atomic E-state index is 6.59. The zero-order chi connectivity index (χ0) is 34.9. The highest BCUT2D eigenvalue weighted by Crippen LogP contribution is 2.40. The van der Waals surface area contributed by atoms with E-state index < -0.39 is 0 Å². The van der Waals surface area contributed by atoms with E-state index in [0.29, 0.717) is 17.5 Å². The van der Waals surface area contributed by atoms with Gasteiger partial charge in [0.1, 0.15) is 28.2 Å². The van der Waals surface area contributed by atoms with Crippen molar-refractivity contribution in [1.82, 2.24) is 24.5 Å². The topological polar surface area (TPSA) is 82.8 Å². The van der Waals surface area contributed by atoms with Gasteiger partial charge in [-0.3, -0.25) is 4.57 Å². The summed E-state index contributed by atoms with van der Waals surface area (Å²) in [4.78, 5) is 20.4. The summed E-state index contributed by atoms with van der Waals surface area (Å²) in [5.41, 5.74) is 9.56. The van der Waals surface area contributed by atoms with Crippen LogP contribution in [0.4, 0.5) is 0 Å². The first-order valence-corrected chi connectivity index (χ1v) is 17.5. The van der Waals surface area contributed by atoms with Crippen LogP contribution in [0.25, 0.3) is 106 Å². The maximum Gasteiger partial charge on any atom is 0.167 e. The number of furan rings is 2. The van der Waals surface area contributed by atoms with Crippen molar-refractivity contribution in [2.24, 2.45) is 0 Å². The number of fused-ring (bicyclic) bond motifs is 7. The minimum atomic E-state index is 0.533. The van der Waals surface area contributed by atoms with Crippen molar-refractivity contribution in [3.05, 3.63) is 164 Å². The van der Waals surface area contributed by atoms with Crippen molar-refractivity contribution in [2.75, 3.05) is 0 Å². The van der Waals surface area contributed by atoms with Crippen molar-refractivity contribution < 1.29 is 8.83 Å². The summed E-state index contributed by atoms with van der Waals surface area (Å²) >= 11 is 0. The fraction of sp³-hybridized carbons (Fsp3) is 0. The van der Waals surface area contributed by atoms with E-state index in [1.54, 1.807) is 0 Å². The average molecular weight is 682 g/mol. The summed E-state index contributed by atoms with van der Waals surface area (Å²) < 4.78 is 15.2. The van der Waals surface area contributed by atoms with Gasteiger partial charge in [-0.25, -0.2) is 19.9 Å². The van der Waals surface area contributed by atoms with Gasteiger partial charge in [0.15, 0.2) is 17.5 Å². The molecule has 0 bridgehead atoms. The lowest BCUT2D eigenvalue weighted by molar-refractivity contribution is 0.668. The van der Waals surface area contributed by atoms with Gasteiger partial charge in [0.05, 0.1) is 16.6 Å². The van der Waals surface area contributed by atoms with Gasteiger partial charge < -0.3 is 8.83 Å². The van der Waals surface area contributed by atoms with Crippen molar-refractivity contribution >= 4 is 54.9 Å². The fourth-order valence-electron chi connectivity index (χ4n) is 7.47. The van der Waals surface area contributed by atoms with Crippen LogP contribution in [0.15, 0.2) is 173 Å². The van der Waals surface area contributed by atoms with E-state index in [-0.39, 0.29) is 0 Å². The zero-order valence-corrected chi connectivity index (χ0v) is 28.1. The fourth-order valence-corrected chi connectivity index (χ4v) is 7.47. The summed E-state index contributed by atoms with van der Waals surface area (Å²) in [5, 5.41) is 3.96. The molecule has 4 heterocycles. The van der Waals surface area contributed by atoms with E-state index in [1.165, 1.54) is 0 Å². The Bertz CT molecular complexity index is 3180. The van der Waals surface area contributed by atoms with E-state index in [2.05, 4.69) is 59.2 Å². The van der Waals surface area contributed by atoms with Crippen LogP contribution in [-0.4, -0.2) is 24.5 Å². The molecule has 0 radical (unpaired) electrons. The first-order valence-electron chi connectivity index (χ1n) is 17.5. The van der Waals surface area contributed by atoms with E-state index in [9.17, 15) is 0 Å². The number of para-hydroxylation sites is 5. The molecule has 7 aromatic carbocycles. The van der Waals surface area contributed by atoms with Gasteiger partial charge >= 0.3 is 0 Å². The van der Waals surface area contributed by atoms with E-state index in [0.717, 1.165) is 88.7 Å². The predicted molar refractivity (Wildman–Crippen MR) is 211 cm³/mol. The van der Waals surface area contributed by atoms with Crippen LogP contribution in [0.5, 0.6) is 0 Å². The molecule has 0 amide bonds. The van der Waals surface area contributed by atoms with E-state index >= 15 is 0 Å². The van der Waals surface area contributed by atoms with E-state index in [4.69, 9.17) is 28.8 Å². The minimum absolute atomic E-state index is 0.533. The van der Waals surface area contributed by atoms with Crippen LogP contribution in [0.3, 0.4) is 0 Å². The minimum Gasteiger partial charge on any atom is -0.456 e. The molecule has 0 fully saturated rings. The predicted octanol–water partition coefficient (Wildman–Crippen LogP) is 11.7. The SMILES string of the molecule is c1ccc(-c2nc(-c3cccc4c3oc3ccccc34)nc(-c3cccc4oc5cc(-c6nc7ccccc7n6-c6ccccc6)ccc5c34)n2)cc1. The molecule has 0 aliphatic heterocycles. The van der Waals surface area contributed by atoms with Gasteiger partial charge in [0.2, 0.25) is 0 Å². The van der Waals surface area contributed by atoms with Crippen LogP contribution in [-0.2, 0) is 0 Å². The standard InChI is InChI=1S/C46H27N5O2/c1-3-13-28(14-4-1)43-48-44(50-45(49-43)35-20-11-18-32-31-17-7-10-23-38(31)53-42(32)35)34-19-12-24-39-41(34)33-26-25-29(27-40(33)52-39)46-47-36-21-8-9-22-37(36)51(46)30-15-5-2-6-16-30/h1-27H. The molecule has 11 aromatic rings. The highest BCUT2D eigenvalue weighted by atomic mass is 16.3. The number of aromatic nitrogens is 5. The molecule has 0 aliphatic carbocycles. The Kier molecular flexibility index (Phi) is 6.42. The molecular weight excluding hydrogens is 655 g/mol. The maximum absolute atomic E-state index is 6.59. The third-order valence-corrected chi connectivity index (χ3v) is 9.88. The average Bonchev–Trinajstić information content (AvgIpc) is 3.92. The molecule has 0 saturated carbocycles. The van der Waals surface area contributed by atoms with Crippen molar-refractivity contribution in [3.8, 4) is 51.2 Å². The number of rotatable bonds is 5. The van der Waals surface area contributed by atoms with Crippen molar-refractivity contribution in [3.63, 3.8) is 0 Å². The lowest BCUT2D eigenvalue weighted by Gasteiger charge is -2.10. The van der Waals surface area contributed by atoms with E-state index in [1.807, 2.05) is 109 Å². The molecule has 0 aliphatic rings. The van der Waals surface area contributed by atoms with Gasteiger partial charge in [0.25, 0.3) is 0 Å². The Morgan fingerprint density at radius 1 is 0.415 bits per heavy atom. The van der Waals surface area contributed by atoms with Crippen LogP contribution in [0.1, 0.15) is 0 Å². The van der Waals surface area contributed by atoms with Gasteiger partial charge in [-0.15, -0.1) is 0 Å². The molecule has 7 nitrogen and oxygen atoms in total. The Balaban J connectivity index is 1.11. The number of hydrogen-bond donors (Lipinski definition) is 0. The quantitative estimate of drug-likeness (QED) is 0.180. The molecular formula is C46H27N5O2. The Morgan fingerprint density at radius 2 is 1.09 bits per heavy atom. The molecule has 7 heteroatoms. The normalized spacial score (nSPS) is 11.8. The zero-order valence-electron chi connectivity index (χ0n) is 28.1. The second-order valence-corrected chi connectivity index (χ2v) is 13.0. The van der Waals surface area contributed by atoms with Crippen LogP contribution >= 0.6 is 0 Å². The van der Waals surface area contributed by atoms with Gasteiger partial charge in [-0.05, 0) is 54.6 Å². The third-order valence-electron chi connectivity index (χ3n) is 9.88. The summed E-state index contributed by atoms with van der Waals surface area (Å²) in [7, 11) is 0. The molecule has 0 spiro atoms. The molecule has 248 valence electrons. The first kappa shape index (κ1) is 29.4. The Hall–Kier alpha value is -7.38. The monoisotopic (exact) mass is 681 g/mol. The molecule has 0 atom stereocenters. The number of nitrogens with zero attached hydrogens (tertiary/aromatic N) is 5.